The molecule has 11 heavy (non-hydrogen) atoms. The molecule has 0 spiro atoms. The van der Waals surface area contributed by atoms with Crippen LogP contribution >= 0.6 is 12.2 Å². The largest absolute Gasteiger partial charge is 0.366 e. The van der Waals surface area contributed by atoms with Crippen molar-refractivity contribution in [1.29, 1.82) is 0 Å². The zero-order valence-electron chi connectivity index (χ0n) is 6.58. The van der Waals surface area contributed by atoms with Crippen molar-refractivity contribution in [3.05, 3.63) is 0 Å². The molecule has 0 aliphatic heterocycles. The zero-order chi connectivity index (χ0) is 8.91. The van der Waals surface area contributed by atoms with Crippen molar-refractivity contribution < 1.29 is 8.78 Å². The Morgan fingerprint density at radius 1 is 1.55 bits per heavy atom. The minimum Gasteiger partial charge on any atom is -0.366 e. The molecule has 0 aliphatic rings. The summed E-state index contributed by atoms with van der Waals surface area (Å²) in [5.74, 6) is -2.61. The van der Waals surface area contributed by atoms with E-state index >= 15 is 0 Å². The molecule has 5 heteroatoms. The summed E-state index contributed by atoms with van der Waals surface area (Å²) in [6.45, 7) is 1.08. The topological polar surface area (TPSA) is 24.1 Å². The van der Waals surface area contributed by atoms with E-state index in [1.807, 2.05) is 0 Å². The fourth-order valence-electron chi connectivity index (χ4n) is 0.484. The van der Waals surface area contributed by atoms with Crippen LogP contribution < -0.4 is 10.6 Å². The van der Waals surface area contributed by atoms with Crippen molar-refractivity contribution >= 4 is 17.3 Å². The van der Waals surface area contributed by atoms with E-state index in [-0.39, 0.29) is 13.0 Å². The second-order valence-corrected chi connectivity index (χ2v) is 2.73. The number of nitrogens with one attached hydrogen (secondary N) is 2. The maximum Gasteiger partial charge on any atom is 0.247 e. The van der Waals surface area contributed by atoms with Crippen molar-refractivity contribution in [3.8, 4) is 0 Å². The number of alkyl halides is 2. The molecule has 0 unspecified atom stereocenters. The summed E-state index contributed by atoms with van der Waals surface area (Å²) in [4.78, 5) is 0. The first-order valence-electron chi connectivity index (χ1n) is 3.29. The third-order valence-corrected chi connectivity index (χ3v) is 1.43. The lowest BCUT2D eigenvalue weighted by Gasteiger charge is -2.11. The second-order valence-electron chi connectivity index (χ2n) is 2.33. The highest BCUT2D eigenvalue weighted by Gasteiger charge is 2.19. The lowest BCUT2D eigenvalue weighted by atomic mass is 10.3. The van der Waals surface area contributed by atoms with Crippen LogP contribution in [0.15, 0.2) is 0 Å². The van der Waals surface area contributed by atoms with E-state index in [9.17, 15) is 8.78 Å². The third-order valence-electron chi connectivity index (χ3n) is 1.08. The number of halogens is 2. The molecular formula is C6H12F2N2S. The van der Waals surface area contributed by atoms with E-state index in [1.165, 1.54) is 0 Å². The van der Waals surface area contributed by atoms with Gasteiger partial charge in [0.1, 0.15) is 0 Å². The van der Waals surface area contributed by atoms with Crippen molar-refractivity contribution in [1.82, 2.24) is 10.6 Å². The molecule has 2 nitrogen and oxygen atoms in total. The van der Waals surface area contributed by atoms with E-state index in [2.05, 4.69) is 22.9 Å². The van der Waals surface area contributed by atoms with Crippen molar-refractivity contribution in [2.45, 2.75) is 19.3 Å². The molecule has 0 saturated carbocycles. The van der Waals surface area contributed by atoms with Crippen LogP contribution in [0.25, 0.3) is 0 Å². The molecule has 0 bridgehead atoms. The van der Waals surface area contributed by atoms with Gasteiger partial charge in [-0.2, -0.15) is 0 Å². The van der Waals surface area contributed by atoms with Gasteiger partial charge in [0.05, 0.1) is 0 Å². The first-order chi connectivity index (χ1) is 4.95. The molecule has 0 aliphatic carbocycles. The predicted octanol–water partition coefficient (Wildman–Crippen LogP) is 1.13. The van der Waals surface area contributed by atoms with Crippen LogP contribution in [0.5, 0.6) is 0 Å². The third kappa shape index (κ3) is 7.45. The van der Waals surface area contributed by atoms with E-state index in [0.29, 0.717) is 5.11 Å². The first kappa shape index (κ1) is 10.6. The Morgan fingerprint density at radius 3 is 2.45 bits per heavy atom. The summed E-state index contributed by atoms with van der Waals surface area (Å²) >= 11 is 4.68. The fourth-order valence-corrected chi connectivity index (χ4v) is 0.586. The van der Waals surface area contributed by atoms with Gasteiger partial charge in [-0.3, -0.25) is 0 Å². The van der Waals surface area contributed by atoms with Crippen molar-refractivity contribution in [2.75, 3.05) is 13.6 Å². The van der Waals surface area contributed by atoms with Crippen LogP contribution in [0.3, 0.4) is 0 Å². The van der Waals surface area contributed by atoms with Gasteiger partial charge in [0.15, 0.2) is 5.11 Å². The SMILES string of the molecule is CNC(=S)NCCC(C)(F)F. The average Bonchev–Trinajstić information content (AvgIpc) is 1.85. The van der Waals surface area contributed by atoms with Crippen LogP contribution in [0.1, 0.15) is 13.3 Å². The van der Waals surface area contributed by atoms with Crippen molar-refractivity contribution in [3.63, 3.8) is 0 Å². The fraction of sp³-hybridized carbons (Fsp3) is 0.833. The molecule has 0 fully saturated rings. The Labute approximate surface area is 70.4 Å². The molecule has 0 aromatic rings. The molecule has 2 N–H and O–H groups in total. The first-order valence-corrected chi connectivity index (χ1v) is 3.70. The van der Waals surface area contributed by atoms with Gasteiger partial charge in [0.2, 0.25) is 5.92 Å². The van der Waals surface area contributed by atoms with E-state index in [0.717, 1.165) is 6.92 Å². The standard InChI is InChI=1S/C6H12F2N2S/c1-6(7,8)3-4-10-5(11)9-2/h3-4H2,1-2H3,(H2,9,10,11). The summed E-state index contributed by atoms with van der Waals surface area (Å²) < 4.78 is 24.3. The smallest absolute Gasteiger partial charge is 0.247 e. The summed E-state index contributed by atoms with van der Waals surface area (Å²) in [5, 5.41) is 5.65. The van der Waals surface area contributed by atoms with E-state index in [4.69, 9.17) is 0 Å². The molecule has 0 aromatic heterocycles. The van der Waals surface area contributed by atoms with Gasteiger partial charge in [-0.25, -0.2) is 8.78 Å². The molecule has 0 saturated heterocycles. The maximum absolute atomic E-state index is 12.2. The Hall–Kier alpha value is -0.450. The molecule has 66 valence electrons. The molecule has 0 rings (SSSR count). The van der Waals surface area contributed by atoms with Crippen LogP contribution in [-0.4, -0.2) is 24.6 Å². The van der Waals surface area contributed by atoms with Gasteiger partial charge in [-0.05, 0) is 19.1 Å². The minimum atomic E-state index is -2.61. The highest BCUT2D eigenvalue weighted by atomic mass is 32.1. The Morgan fingerprint density at radius 2 is 2.09 bits per heavy atom. The highest BCUT2D eigenvalue weighted by molar-refractivity contribution is 7.80. The van der Waals surface area contributed by atoms with Gasteiger partial charge in [-0.1, -0.05) is 0 Å². The summed E-state index contributed by atoms with van der Waals surface area (Å²) in [5.41, 5.74) is 0. The monoisotopic (exact) mass is 182 g/mol. The number of rotatable bonds is 3. The summed E-state index contributed by atoms with van der Waals surface area (Å²) in [7, 11) is 1.64. The second kappa shape index (κ2) is 4.43. The predicted molar refractivity (Wildman–Crippen MR) is 44.9 cm³/mol. The molecule has 0 aromatic carbocycles. The van der Waals surface area contributed by atoms with E-state index < -0.39 is 5.92 Å². The minimum absolute atomic E-state index is 0.198. The highest BCUT2D eigenvalue weighted by Crippen LogP contribution is 2.14. The molecular weight excluding hydrogens is 170 g/mol. The van der Waals surface area contributed by atoms with Gasteiger partial charge in [0, 0.05) is 20.0 Å². The molecule has 0 radical (unpaired) electrons. The quantitative estimate of drug-likeness (QED) is 0.640. The average molecular weight is 182 g/mol. The van der Waals surface area contributed by atoms with Gasteiger partial charge in [0.25, 0.3) is 0 Å². The van der Waals surface area contributed by atoms with Crippen LogP contribution in [-0.2, 0) is 0 Å². The number of thiocarbonyl (C=S) groups is 1. The Kier molecular flexibility index (Phi) is 4.25. The van der Waals surface area contributed by atoms with Gasteiger partial charge < -0.3 is 10.6 Å². The van der Waals surface area contributed by atoms with Crippen molar-refractivity contribution in [2.24, 2.45) is 0 Å². The Balaban J connectivity index is 3.35. The molecule has 0 amide bonds. The zero-order valence-corrected chi connectivity index (χ0v) is 7.39. The lowest BCUT2D eigenvalue weighted by Crippen LogP contribution is -2.34. The summed E-state index contributed by atoms with van der Waals surface area (Å²) in [6.07, 6.45) is -0.200. The van der Waals surface area contributed by atoms with Crippen LogP contribution in [0.4, 0.5) is 8.78 Å². The van der Waals surface area contributed by atoms with Gasteiger partial charge in [-0.15, -0.1) is 0 Å². The van der Waals surface area contributed by atoms with Crippen LogP contribution in [0.2, 0.25) is 0 Å². The number of hydrogen-bond donors (Lipinski definition) is 2. The molecule has 0 atom stereocenters. The normalized spacial score (nSPS) is 10.9. The molecule has 0 heterocycles. The maximum atomic E-state index is 12.2. The lowest BCUT2D eigenvalue weighted by molar-refractivity contribution is 0.0145. The van der Waals surface area contributed by atoms with E-state index in [1.54, 1.807) is 7.05 Å². The Bertz CT molecular complexity index is 133. The number of hydrogen-bond acceptors (Lipinski definition) is 1. The van der Waals surface area contributed by atoms with Crippen LogP contribution in [0, 0.1) is 0 Å². The summed E-state index contributed by atoms with van der Waals surface area (Å²) in [6, 6.07) is 0. The van der Waals surface area contributed by atoms with Gasteiger partial charge >= 0.3 is 0 Å².